The van der Waals surface area contributed by atoms with Crippen molar-refractivity contribution in [2.45, 2.75) is 58.0 Å². The third kappa shape index (κ3) is 5.43. The number of carbonyl (C=O) groups excluding carboxylic acids is 1. The Balaban J connectivity index is 1.57. The van der Waals surface area contributed by atoms with Gasteiger partial charge in [-0.25, -0.2) is 4.98 Å². The average molecular weight is 415 g/mol. The molecule has 0 radical (unpaired) electrons. The van der Waals surface area contributed by atoms with Crippen molar-refractivity contribution in [3.63, 3.8) is 0 Å². The minimum absolute atomic E-state index is 0.0143. The number of amides is 1. The summed E-state index contributed by atoms with van der Waals surface area (Å²) in [6, 6.07) is 2.37. The molecule has 0 spiro atoms. The molecular weight excluding hydrogens is 389 g/mol. The van der Waals surface area contributed by atoms with Gasteiger partial charge < -0.3 is 15.4 Å². The molecule has 0 aliphatic heterocycles. The maximum absolute atomic E-state index is 14.1. The van der Waals surface area contributed by atoms with E-state index >= 15 is 0 Å². The predicted molar refractivity (Wildman–Crippen MR) is 107 cm³/mol. The zero-order valence-corrected chi connectivity index (χ0v) is 17.4. The van der Waals surface area contributed by atoms with E-state index in [0.717, 1.165) is 31.9 Å². The van der Waals surface area contributed by atoms with Crippen molar-refractivity contribution in [3.8, 4) is 11.9 Å². The lowest BCUT2D eigenvalue weighted by molar-refractivity contribution is -0.119. The van der Waals surface area contributed by atoms with Gasteiger partial charge in [-0.1, -0.05) is 0 Å². The Hall–Kier alpha value is -3.22. The second-order valence-corrected chi connectivity index (χ2v) is 8.05. The highest BCUT2D eigenvalue weighted by Crippen LogP contribution is 2.26. The second-order valence-electron chi connectivity index (χ2n) is 8.05. The normalized spacial score (nSPS) is 19.0. The zero-order valence-electron chi connectivity index (χ0n) is 17.4. The number of halogens is 1. The van der Waals surface area contributed by atoms with Crippen LogP contribution in [-0.4, -0.2) is 38.3 Å². The summed E-state index contributed by atoms with van der Waals surface area (Å²) in [7, 11) is 0. The number of anilines is 2. The molecular formula is C20H26FN7O2. The number of rotatable bonds is 7. The third-order valence-corrected chi connectivity index (χ3v) is 5.11. The van der Waals surface area contributed by atoms with Crippen molar-refractivity contribution in [2.75, 3.05) is 11.9 Å². The van der Waals surface area contributed by atoms with Crippen molar-refractivity contribution in [1.82, 2.24) is 25.1 Å². The molecule has 0 saturated heterocycles. The van der Waals surface area contributed by atoms with Crippen LogP contribution in [0.25, 0.3) is 0 Å². The Kier molecular flexibility index (Phi) is 6.50. The molecule has 1 fully saturated rings. The van der Waals surface area contributed by atoms with Crippen LogP contribution >= 0.6 is 0 Å². The monoisotopic (exact) mass is 415 g/mol. The van der Waals surface area contributed by atoms with Gasteiger partial charge >= 0.3 is 0 Å². The van der Waals surface area contributed by atoms with Gasteiger partial charge in [-0.3, -0.25) is 9.48 Å². The molecule has 2 N–H and O–H groups in total. The van der Waals surface area contributed by atoms with Crippen molar-refractivity contribution < 1.29 is 13.9 Å². The SMILES string of the molecule is CC(=O)N[C@H]1CC[C@H](COc2nc(Nc3cnn(C(C)(C)C#N)c3)ncc2F)CC1. The fraction of sp³-hybridized carbons (Fsp3) is 0.550. The van der Waals surface area contributed by atoms with Crippen LogP contribution in [0.2, 0.25) is 0 Å². The maximum Gasteiger partial charge on any atom is 0.255 e. The summed E-state index contributed by atoms with van der Waals surface area (Å²) < 4.78 is 21.2. The van der Waals surface area contributed by atoms with Gasteiger partial charge in [0.2, 0.25) is 17.7 Å². The molecule has 10 heteroatoms. The fourth-order valence-electron chi connectivity index (χ4n) is 3.34. The Morgan fingerprint density at radius 3 is 2.77 bits per heavy atom. The van der Waals surface area contributed by atoms with E-state index in [4.69, 9.17) is 4.74 Å². The molecule has 2 aromatic rings. The van der Waals surface area contributed by atoms with Gasteiger partial charge in [0.1, 0.15) is 5.54 Å². The molecule has 160 valence electrons. The molecule has 1 saturated carbocycles. The van der Waals surface area contributed by atoms with E-state index in [1.807, 2.05) is 0 Å². The molecule has 3 rings (SSSR count). The quantitative estimate of drug-likeness (QED) is 0.714. The lowest BCUT2D eigenvalue weighted by Crippen LogP contribution is -2.37. The summed E-state index contributed by atoms with van der Waals surface area (Å²) in [5, 5.41) is 19.2. The van der Waals surface area contributed by atoms with E-state index in [0.29, 0.717) is 12.3 Å². The Bertz CT molecular complexity index is 929. The average Bonchev–Trinajstić information content (AvgIpc) is 3.18. The van der Waals surface area contributed by atoms with Crippen LogP contribution in [-0.2, 0) is 10.3 Å². The number of carbonyl (C=O) groups is 1. The van der Waals surface area contributed by atoms with Gasteiger partial charge in [-0.2, -0.15) is 19.7 Å². The lowest BCUT2D eigenvalue weighted by Gasteiger charge is -2.28. The number of hydrogen-bond acceptors (Lipinski definition) is 7. The van der Waals surface area contributed by atoms with Crippen molar-refractivity contribution in [1.29, 1.82) is 5.26 Å². The van der Waals surface area contributed by atoms with Gasteiger partial charge in [0.25, 0.3) is 5.88 Å². The van der Waals surface area contributed by atoms with Gasteiger partial charge in [0.05, 0.1) is 37.0 Å². The van der Waals surface area contributed by atoms with Crippen LogP contribution in [0.4, 0.5) is 16.0 Å². The molecule has 1 amide bonds. The van der Waals surface area contributed by atoms with Gasteiger partial charge in [0, 0.05) is 13.0 Å². The van der Waals surface area contributed by atoms with E-state index in [2.05, 4.69) is 31.8 Å². The Labute approximate surface area is 174 Å². The van der Waals surface area contributed by atoms with Crippen LogP contribution in [0.15, 0.2) is 18.6 Å². The summed E-state index contributed by atoms with van der Waals surface area (Å²) in [5.74, 6) is -0.295. The minimum atomic E-state index is -0.795. The first kappa shape index (κ1) is 21.5. The predicted octanol–water partition coefficient (Wildman–Crippen LogP) is 2.89. The molecule has 2 heterocycles. The maximum atomic E-state index is 14.1. The summed E-state index contributed by atoms with van der Waals surface area (Å²) in [5.41, 5.74) is -0.219. The molecule has 1 aliphatic carbocycles. The number of aromatic nitrogens is 4. The van der Waals surface area contributed by atoms with Crippen LogP contribution < -0.4 is 15.4 Å². The van der Waals surface area contributed by atoms with E-state index in [1.54, 1.807) is 26.2 Å². The molecule has 0 aromatic carbocycles. The van der Waals surface area contributed by atoms with Crippen LogP contribution in [0.1, 0.15) is 46.5 Å². The molecule has 0 bridgehead atoms. The fourth-order valence-corrected chi connectivity index (χ4v) is 3.34. The number of nitrogens with one attached hydrogen (secondary N) is 2. The smallest absolute Gasteiger partial charge is 0.255 e. The van der Waals surface area contributed by atoms with E-state index in [-0.39, 0.29) is 29.7 Å². The zero-order chi connectivity index (χ0) is 21.7. The standard InChI is InChI=1S/C20H26FN7O2/c1-13(29)25-15-6-4-14(5-7-15)11-30-18-17(21)9-23-19(27-18)26-16-8-24-28(10-16)20(2,3)12-22/h8-10,14-15H,4-7,11H2,1-3H3,(H,25,29)(H,23,26,27)/t14-,15-. The van der Waals surface area contributed by atoms with Crippen LogP contribution in [0.5, 0.6) is 5.88 Å². The summed E-state index contributed by atoms with van der Waals surface area (Å²) >= 11 is 0. The Morgan fingerprint density at radius 2 is 2.10 bits per heavy atom. The van der Waals surface area contributed by atoms with Gasteiger partial charge in [0.15, 0.2) is 0 Å². The first-order valence-corrected chi connectivity index (χ1v) is 9.92. The van der Waals surface area contributed by atoms with Gasteiger partial charge in [-0.15, -0.1) is 0 Å². The number of ether oxygens (including phenoxy) is 1. The number of hydrogen-bond donors (Lipinski definition) is 2. The number of nitrogens with zero attached hydrogens (tertiary/aromatic N) is 5. The highest BCUT2D eigenvalue weighted by molar-refractivity contribution is 5.73. The first-order valence-electron chi connectivity index (χ1n) is 9.92. The van der Waals surface area contributed by atoms with Crippen molar-refractivity contribution in [3.05, 3.63) is 24.4 Å². The van der Waals surface area contributed by atoms with E-state index < -0.39 is 11.4 Å². The number of nitriles is 1. The highest BCUT2D eigenvalue weighted by atomic mass is 19.1. The van der Waals surface area contributed by atoms with Crippen LogP contribution in [0, 0.1) is 23.1 Å². The molecule has 2 aromatic heterocycles. The summed E-state index contributed by atoms with van der Waals surface area (Å²) in [6.45, 7) is 5.37. The minimum Gasteiger partial charge on any atom is -0.475 e. The second kappa shape index (κ2) is 9.07. The molecule has 1 aliphatic rings. The first-order chi connectivity index (χ1) is 14.3. The molecule has 0 unspecified atom stereocenters. The highest BCUT2D eigenvalue weighted by Gasteiger charge is 2.23. The Morgan fingerprint density at radius 1 is 1.37 bits per heavy atom. The topological polar surface area (TPSA) is 118 Å². The van der Waals surface area contributed by atoms with E-state index in [9.17, 15) is 14.4 Å². The lowest BCUT2D eigenvalue weighted by atomic mass is 9.86. The van der Waals surface area contributed by atoms with Crippen molar-refractivity contribution in [2.24, 2.45) is 5.92 Å². The molecule has 30 heavy (non-hydrogen) atoms. The van der Waals surface area contributed by atoms with Crippen LogP contribution in [0.3, 0.4) is 0 Å². The van der Waals surface area contributed by atoms with Crippen molar-refractivity contribution >= 4 is 17.5 Å². The summed E-state index contributed by atoms with van der Waals surface area (Å²) in [6.07, 6.45) is 7.82. The largest absolute Gasteiger partial charge is 0.475 e. The third-order valence-electron chi connectivity index (χ3n) is 5.11. The molecule has 9 nitrogen and oxygen atoms in total. The van der Waals surface area contributed by atoms with Gasteiger partial charge in [-0.05, 0) is 45.4 Å². The molecule has 0 atom stereocenters. The van der Waals surface area contributed by atoms with E-state index in [1.165, 1.54) is 11.6 Å². The summed E-state index contributed by atoms with van der Waals surface area (Å²) in [4.78, 5) is 19.2.